The van der Waals surface area contributed by atoms with Crippen LogP contribution in [0.3, 0.4) is 0 Å². The van der Waals surface area contributed by atoms with Crippen LogP contribution in [0.2, 0.25) is 0 Å². The minimum absolute atomic E-state index is 0.452. The van der Waals surface area contributed by atoms with Crippen molar-refractivity contribution in [3.63, 3.8) is 0 Å². The molecule has 0 unspecified atom stereocenters. The maximum absolute atomic E-state index is 11.9. The van der Waals surface area contributed by atoms with Crippen LogP contribution in [0.1, 0.15) is 0 Å². The fraction of sp³-hybridized carbons (Fsp3) is 0.500. The SMILES string of the molecule is COc1ccc(NC(=O)C(=O)NCC[NH+]2CCOCC2)cc1OC. The van der Waals surface area contributed by atoms with Gasteiger partial charge in [-0.25, -0.2) is 0 Å². The van der Waals surface area contributed by atoms with Gasteiger partial charge in [0, 0.05) is 11.8 Å². The first kappa shape index (κ1) is 18.0. The van der Waals surface area contributed by atoms with Crippen molar-refractivity contribution in [2.45, 2.75) is 0 Å². The van der Waals surface area contributed by atoms with Gasteiger partial charge in [-0.2, -0.15) is 0 Å². The molecule has 8 nitrogen and oxygen atoms in total. The molecular formula is C16H24N3O5+. The van der Waals surface area contributed by atoms with Gasteiger partial charge < -0.3 is 29.7 Å². The van der Waals surface area contributed by atoms with Crippen LogP contribution in [-0.4, -0.2) is 65.4 Å². The molecule has 2 rings (SSSR count). The van der Waals surface area contributed by atoms with Crippen LogP contribution in [0.25, 0.3) is 0 Å². The second-order valence-corrected chi connectivity index (χ2v) is 5.39. The van der Waals surface area contributed by atoms with Crippen LogP contribution in [0.4, 0.5) is 5.69 Å². The zero-order valence-corrected chi connectivity index (χ0v) is 14.0. The van der Waals surface area contributed by atoms with Crippen molar-refractivity contribution in [2.75, 3.05) is 58.9 Å². The van der Waals surface area contributed by atoms with Gasteiger partial charge in [-0.05, 0) is 12.1 Å². The first-order valence-corrected chi connectivity index (χ1v) is 7.86. The average Bonchev–Trinajstić information content (AvgIpc) is 2.62. The number of quaternary nitrogens is 1. The molecule has 0 atom stereocenters. The highest BCUT2D eigenvalue weighted by Crippen LogP contribution is 2.29. The van der Waals surface area contributed by atoms with E-state index >= 15 is 0 Å². The Bertz CT molecular complexity index is 573. The molecule has 1 heterocycles. The van der Waals surface area contributed by atoms with Crippen molar-refractivity contribution in [3.05, 3.63) is 18.2 Å². The van der Waals surface area contributed by atoms with Crippen LogP contribution >= 0.6 is 0 Å². The van der Waals surface area contributed by atoms with E-state index in [1.807, 2.05) is 0 Å². The van der Waals surface area contributed by atoms with Gasteiger partial charge in [0.15, 0.2) is 11.5 Å². The highest BCUT2D eigenvalue weighted by Gasteiger charge is 2.17. The summed E-state index contributed by atoms with van der Waals surface area (Å²) in [4.78, 5) is 25.1. The summed E-state index contributed by atoms with van der Waals surface area (Å²) in [5, 5.41) is 5.18. The van der Waals surface area contributed by atoms with Crippen molar-refractivity contribution in [1.29, 1.82) is 0 Å². The maximum atomic E-state index is 11.9. The molecule has 0 spiro atoms. The number of rotatable bonds is 6. The number of anilines is 1. The molecule has 1 aliphatic rings. The average molecular weight is 338 g/mol. The van der Waals surface area contributed by atoms with E-state index in [1.54, 1.807) is 18.2 Å². The largest absolute Gasteiger partial charge is 0.493 e. The van der Waals surface area contributed by atoms with E-state index in [1.165, 1.54) is 19.1 Å². The molecule has 1 aromatic rings. The van der Waals surface area contributed by atoms with E-state index in [-0.39, 0.29) is 0 Å². The first-order chi connectivity index (χ1) is 11.6. The summed E-state index contributed by atoms with van der Waals surface area (Å²) in [5.74, 6) is -0.336. The van der Waals surface area contributed by atoms with Crippen LogP contribution < -0.4 is 25.0 Å². The van der Waals surface area contributed by atoms with Crippen LogP contribution in [0.15, 0.2) is 18.2 Å². The third-order valence-electron chi connectivity index (χ3n) is 3.81. The summed E-state index contributed by atoms with van der Waals surface area (Å²) in [6, 6.07) is 4.90. The van der Waals surface area contributed by atoms with E-state index in [0.717, 1.165) is 32.8 Å². The highest BCUT2D eigenvalue weighted by atomic mass is 16.5. The molecule has 1 aromatic carbocycles. The molecule has 8 heteroatoms. The van der Waals surface area contributed by atoms with Crippen molar-refractivity contribution in [1.82, 2.24) is 5.32 Å². The molecule has 1 saturated heterocycles. The Morgan fingerprint density at radius 2 is 1.83 bits per heavy atom. The quantitative estimate of drug-likeness (QED) is 0.560. The van der Waals surface area contributed by atoms with Gasteiger partial charge in [-0.15, -0.1) is 0 Å². The van der Waals surface area contributed by atoms with Gasteiger partial charge >= 0.3 is 11.8 Å². The molecule has 0 saturated carbocycles. The smallest absolute Gasteiger partial charge is 0.313 e. The second kappa shape index (κ2) is 9.09. The summed E-state index contributed by atoms with van der Waals surface area (Å²) in [7, 11) is 3.03. The Kier molecular flexibility index (Phi) is 6.83. The van der Waals surface area contributed by atoms with Crippen molar-refractivity contribution in [3.8, 4) is 11.5 Å². The minimum atomic E-state index is -0.709. The normalized spacial score (nSPS) is 14.8. The summed E-state index contributed by atoms with van der Waals surface area (Å²) < 4.78 is 15.6. The van der Waals surface area contributed by atoms with Gasteiger partial charge in [-0.3, -0.25) is 9.59 Å². The third-order valence-corrected chi connectivity index (χ3v) is 3.81. The zero-order chi connectivity index (χ0) is 17.4. The number of hydrogen-bond donors (Lipinski definition) is 3. The lowest BCUT2D eigenvalue weighted by Gasteiger charge is -2.23. The molecule has 0 aromatic heterocycles. The predicted molar refractivity (Wildman–Crippen MR) is 87.6 cm³/mol. The molecule has 0 radical (unpaired) electrons. The number of benzene rings is 1. The number of carbonyl (C=O) groups is 2. The number of ether oxygens (including phenoxy) is 3. The summed E-state index contributed by atoms with van der Waals surface area (Å²) in [6.07, 6.45) is 0. The number of methoxy groups -OCH3 is 2. The first-order valence-electron chi connectivity index (χ1n) is 7.86. The number of morpholine rings is 1. The van der Waals surface area contributed by atoms with Gasteiger partial charge in [0.25, 0.3) is 0 Å². The molecule has 2 amide bonds. The molecule has 1 aliphatic heterocycles. The van der Waals surface area contributed by atoms with E-state index in [9.17, 15) is 9.59 Å². The Morgan fingerprint density at radius 3 is 2.50 bits per heavy atom. The van der Waals surface area contributed by atoms with Crippen molar-refractivity contribution < 1.29 is 28.7 Å². The molecule has 3 N–H and O–H groups in total. The molecule has 132 valence electrons. The summed E-state index contributed by atoms with van der Waals surface area (Å²) >= 11 is 0. The maximum Gasteiger partial charge on any atom is 0.313 e. The van der Waals surface area contributed by atoms with E-state index in [4.69, 9.17) is 14.2 Å². The van der Waals surface area contributed by atoms with E-state index < -0.39 is 11.8 Å². The fourth-order valence-corrected chi connectivity index (χ4v) is 2.44. The van der Waals surface area contributed by atoms with Crippen molar-refractivity contribution in [2.24, 2.45) is 0 Å². The lowest BCUT2D eigenvalue weighted by molar-refractivity contribution is -0.906. The Hall–Kier alpha value is -2.32. The fourth-order valence-electron chi connectivity index (χ4n) is 2.44. The van der Waals surface area contributed by atoms with E-state index in [0.29, 0.717) is 23.7 Å². The topological polar surface area (TPSA) is 90.3 Å². The van der Waals surface area contributed by atoms with Gasteiger partial charge in [0.2, 0.25) is 0 Å². The molecule has 0 aliphatic carbocycles. The molecule has 0 bridgehead atoms. The lowest BCUT2D eigenvalue weighted by atomic mass is 10.2. The van der Waals surface area contributed by atoms with Gasteiger partial charge in [0.1, 0.15) is 13.1 Å². The zero-order valence-electron chi connectivity index (χ0n) is 14.0. The molecule has 24 heavy (non-hydrogen) atoms. The number of amides is 2. The summed E-state index contributed by atoms with van der Waals surface area (Å²) in [6.45, 7) is 4.56. The van der Waals surface area contributed by atoms with Gasteiger partial charge in [0.05, 0.1) is 40.5 Å². The Morgan fingerprint density at radius 1 is 1.12 bits per heavy atom. The molecular weight excluding hydrogens is 314 g/mol. The van der Waals surface area contributed by atoms with Crippen molar-refractivity contribution >= 4 is 17.5 Å². The second-order valence-electron chi connectivity index (χ2n) is 5.39. The monoisotopic (exact) mass is 338 g/mol. The van der Waals surface area contributed by atoms with Crippen LogP contribution in [0.5, 0.6) is 11.5 Å². The van der Waals surface area contributed by atoms with Gasteiger partial charge in [-0.1, -0.05) is 0 Å². The number of nitrogens with one attached hydrogen (secondary N) is 3. The predicted octanol–water partition coefficient (Wildman–Crippen LogP) is -1.33. The standard InChI is InChI=1S/C16H23N3O5/c1-22-13-4-3-12(11-14(13)23-2)18-16(21)15(20)17-5-6-19-7-9-24-10-8-19/h3-4,11H,5-10H2,1-2H3,(H,17,20)(H,18,21)/p+1. The summed E-state index contributed by atoms with van der Waals surface area (Å²) in [5.41, 5.74) is 0.464. The number of hydrogen-bond acceptors (Lipinski definition) is 5. The number of carbonyl (C=O) groups excluding carboxylic acids is 2. The van der Waals surface area contributed by atoms with E-state index in [2.05, 4.69) is 10.6 Å². The highest BCUT2D eigenvalue weighted by molar-refractivity contribution is 6.39. The Labute approximate surface area is 141 Å². The lowest BCUT2D eigenvalue weighted by Crippen LogP contribution is -3.14. The minimum Gasteiger partial charge on any atom is -0.493 e. The third kappa shape index (κ3) is 5.10. The van der Waals surface area contributed by atoms with Crippen LogP contribution in [0, 0.1) is 0 Å². The Balaban J connectivity index is 1.79. The van der Waals surface area contributed by atoms with Crippen LogP contribution in [-0.2, 0) is 14.3 Å². The molecule has 1 fully saturated rings.